The molecule has 7 nitrogen and oxygen atoms in total. The fourth-order valence-electron chi connectivity index (χ4n) is 2.89. The Labute approximate surface area is 116 Å². The molecular weight excluding hydrogens is 260 g/mol. The normalized spacial score (nSPS) is 25.8. The summed E-state index contributed by atoms with van der Waals surface area (Å²) in [6, 6.07) is 0.255. The molecule has 2 saturated heterocycles. The molecule has 2 atom stereocenters. The average Bonchev–Trinajstić information content (AvgIpc) is 2.47. The van der Waals surface area contributed by atoms with Crippen LogP contribution < -0.4 is 10.2 Å². The zero-order valence-electron chi connectivity index (χ0n) is 11.0. The smallest absolute Gasteiger partial charge is 0.338 e. The summed E-state index contributed by atoms with van der Waals surface area (Å²) < 4.78 is 0. The third-order valence-corrected chi connectivity index (χ3v) is 3.99. The third kappa shape index (κ3) is 2.43. The van der Waals surface area contributed by atoms with Gasteiger partial charge in [0.15, 0.2) is 0 Å². The van der Waals surface area contributed by atoms with Crippen molar-refractivity contribution in [3.05, 3.63) is 18.0 Å². The number of hydrogen-bond donors (Lipinski definition) is 2. The summed E-state index contributed by atoms with van der Waals surface area (Å²) in [6.45, 7) is 1.57. The summed E-state index contributed by atoms with van der Waals surface area (Å²) in [5.41, 5.74) is 0.0913. The van der Waals surface area contributed by atoms with Crippen LogP contribution in [0.1, 0.15) is 29.6 Å². The molecular formula is C13H16N4O3. The van der Waals surface area contributed by atoms with Crippen LogP contribution in [0, 0.1) is 5.92 Å². The molecule has 3 rings (SSSR count). The zero-order chi connectivity index (χ0) is 14.1. The first-order chi connectivity index (χ1) is 9.63. The Kier molecular flexibility index (Phi) is 3.25. The highest BCUT2D eigenvalue weighted by Crippen LogP contribution is 2.27. The highest BCUT2D eigenvalue weighted by molar-refractivity contribution is 5.86. The van der Waals surface area contributed by atoms with Gasteiger partial charge in [0.05, 0.1) is 5.56 Å². The van der Waals surface area contributed by atoms with Gasteiger partial charge in [0.25, 0.3) is 0 Å². The number of nitrogens with zero attached hydrogens (tertiary/aromatic N) is 3. The maximum atomic E-state index is 11.4. The topological polar surface area (TPSA) is 95.4 Å². The van der Waals surface area contributed by atoms with E-state index in [2.05, 4.69) is 20.2 Å². The predicted octanol–water partition coefficient (Wildman–Crippen LogP) is 0.280. The first-order valence-electron chi connectivity index (χ1n) is 6.73. The van der Waals surface area contributed by atoms with Gasteiger partial charge in [0.2, 0.25) is 11.9 Å². The fraction of sp³-hybridized carbons (Fsp3) is 0.538. The summed E-state index contributed by atoms with van der Waals surface area (Å²) in [5, 5.41) is 11.9. The van der Waals surface area contributed by atoms with Crippen LogP contribution >= 0.6 is 0 Å². The molecule has 106 valence electrons. The molecule has 1 aromatic heterocycles. The molecule has 0 saturated carbocycles. The van der Waals surface area contributed by atoms with E-state index in [4.69, 9.17) is 5.11 Å². The Morgan fingerprint density at radius 2 is 2.10 bits per heavy atom. The number of aromatic carboxylic acids is 1. The third-order valence-electron chi connectivity index (χ3n) is 3.99. The summed E-state index contributed by atoms with van der Waals surface area (Å²) >= 11 is 0. The highest BCUT2D eigenvalue weighted by atomic mass is 16.4. The molecule has 0 aromatic carbocycles. The molecule has 2 aliphatic rings. The lowest BCUT2D eigenvalue weighted by Crippen LogP contribution is -2.54. The number of aromatic nitrogens is 2. The lowest BCUT2D eigenvalue weighted by molar-refractivity contribution is -0.124. The second-order valence-corrected chi connectivity index (χ2v) is 5.28. The summed E-state index contributed by atoms with van der Waals surface area (Å²) in [7, 11) is 0. The molecule has 3 heterocycles. The molecule has 0 radical (unpaired) electrons. The number of fused-ring (bicyclic) bond motifs is 1. The number of carbonyl (C=O) groups is 2. The summed E-state index contributed by atoms with van der Waals surface area (Å²) in [4.78, 5) is 32.4. The first-order valence-corrected chi connectivity index (χ1v) is 6.73. The standard InChI is InChI=1S/C13H16N4O3/c18-11-2-1-8-7-17(4-3-10(8)16-11)13-14-5-9(6-15-13)12(19)20/h5-6,8,10H,1-4,7H2,(H,16,18)(H,19,20). The Hall–Kier alpha value is -2.18. The van der Waals surface area contributed by atoms with Crippen LogP contribution in [-0.4, -0.2) is 46.1 Å². The monoisotopic (exact) mass is 276 g/mol. The number of hydrogen-bond acceptors (Lipinski definition) is 5. The molecule has 0 bridgehead atoms. The molecule has 0 aliphatic carbocycles. The summed E-state index contributed by atoms with van der Waals surface area (Å²) in [5.74, 6) is 0.0987. The Morgan fingerprint density at radius 1 is 1.35 bits per heavy atom. The van der Waals surface area contributed by atoms with E-state index in [1.165, 1.54) is 12.4 Å². The second kappa shape index (κ2) is 5.07. The van der Waals surface area contributed by atoms with Gasteiger partial charge in [-0.15, -0.1) is 0 Å². The van der Waals surface area contributed by atoms with Gasteiger partial charge < -0.3 is 15.3 Å². The molecule has 7 heteroatoms. The minimum atomic E-state index is -1.02. The molecule has 20 heavy (non-hydrogen) atoms. The number of anilines is 1. The van der Waals surface area contributed by atoms with Gasteiger partial charge in [0.1, 0.15) is 0 Å². The Bertz CT molecular complexity index is 531. The zero-order valence-corrected chi connectivity index (χ0v) is 11.0. The van der Waals surface area contributed by atoms with Gasteiger partial charge in [0, 0.05) is 37.9 Å². The lowest BCUT2D eigenvalue weighted by Gasteiger charge is -2.41. The van der Waals surface area contributed by atoms with Crippen LogP contribution in [0.2, 0.25) is 0 Å². The van der Waals surface area contributed by atoms with Gasteiger partial charge >= 0.3 is 5.97 Å². The number of rotatable bonds is 2. The largest absolute Gasteiger partial charge is 0.478 e. The van der Waals surface area contributed by atoms with Gasteiger partial charge in [-0.3, -0.25) is 4.79 Å². The molecule has 2 fully saturated rings. The van der Waals surface area contributed by atoms with Crippen molar-refractivity contribution in [1.82, 2.24) is 15.3 Å². The van der Waals surface area contributed by atoms with Crippen LogP contribution in [0.5, 0.6) is 0 Å². The Morgan fingerprint density at radius 3 is 2.80 bits per heavy atom. The number of amides is 1. The molecule has 2 N–H and O–H groups in total. The van der Waals surface area contributed by atoms with Crippen molar-refractivity contribution in [2.45, 2.75) is 25.3 Å². The average molecular weight is 276 g/mol. The molecule has 1 aromatic rings. The van der Waals surface area contributed by atoms with E-state index in [-0.39, 0.29) is 17.5 Å². The van der Waals surface area contributed by atoms with E-state index in [0.29, 0.717) is 18.3 Å². The maximum Gasteiger partial charge on any atom is 0.338 e. The number of carboxylic acids is 1. The van der Waals surface area contributed by atoms with E-state index >= 15 is 0 Å². The maximum absolute atomic E-state index is 11.4. The van der Waals surface area contributed by atoms with Crippen LogP contribution in [0.15, 0.2) is 12.4 Å². The van der Waals surface area contributed by atoms with E-state index in [1.54, 1.807) is 0 Å². The van der Waals surface area contributed by atoms with Crippen LogP contribution in [-0.2, 0) is 4.79 Å². The van der Waals surface area contributed by atoms with Crippen molar-refractivity contribution < 1.29 is 14.7 Å². The first kappa shape index (κ1) is 12.8. The van der Waals surface area contributed by atoms with Crippen molar-refractivity contribution in [2.75, 3.05) is 18.0 Å². The van der Waals surface area contributed by atoms with Gasteiger partial charge in [-0.05, 0) is 18.8 Å². The molecule has 0 spiro atoms. The van der Waals surface area contributed by atoms with Crippen LogP contribution in [0.25, 0.3) is 0 Å². The second-order valence-electron chi connectivity index (χ2n) is 5.28. The molecule has 1 amide bonds. The molecule has 2 unspecified atom stereocenters. The van der Waals surface area contributed by atoms with Crippen molar-refractivity contribution in [3.63, 3.8) is 0 Å². The number of carbonyl (C=O) groups excluding carboxylic acids is 1. The van der Waals surface area contributed by atoms with Crippen LogP contribution in [0.4, 0.5) is 5.95 Å². The van der Waals surface area contributed by atoms with Gasteiger partial charge in [-0.1, -0.05) is 0 Å². The van der Waals surface area contributed by atoms with Crippen molar-refractivity contribution in [3.8, 4) is 0 Å². The van der Waals surface area contributed by atoms with Crippen molar-refractivity contribution in [2.24, 2.45) is 5.92 Å². The SMILES string of the molecule is O=C1CCC2CN(c3ncc(C(=O)O)cn3)CCC2N1. The quantitative estimate of drug-likeness (QED) is 0.805. The number of carboxylic acid groups (broad SMARTS) is 1. The Balaban J connectivity index is 1.69. The van der Waals surface area contributed by atoms with E-state index in [9.17, 15) is 9.59 Å². The fourth-order valence-corrected chi connectivity index (χ4v) is 2.89. The molecule has 2 aliphatic heterocycles. The van der Waals surface area contributed by atoms with Crippen molar-refractivity contribution >= 4 is 17.8 Å². The van der Waals surface area contributed by atoms with Gasteiger partial charge in [-0.2, -0.15) is 0 Å². The van der Waals surface area contributed by atoms with Crippen molar-refractivity contribution in [1.29, 1.82) is 0 Å². The minimum Gasteiger partial charge on any atom is -0.478 e. The minimum absolute atomic E-state index is 0.0913. The number of piperidine rings is 2. The van der Waals surface area contributed by atoms with E-state index in [1.807, 2.05) is 0 Å². The highest BCUT2D eigenvalue weighted by Gasteiger charge is 2.34. The van der Waals surface area contributed by atoms with E-state index < -0.39 is 5.97 Å². The van der Waals surface area contributed by atoms with Crippen LogP contribution in [0.3, 0.4) is 0 Å². The predicted molar refractivity (Wildman–Crippen MR) is 70.5 cm³/mol. The van der Waals surface area contributed by atoms with E-state index in [0.717, 1.165) is 25.9 Å². The number of nitrogens with one attached hydrogen (secondary N) is 1. The lowest BCUT2D eigenvalue weighted by atomic mass is 9.85. The van der Waals surface area contributed by atoms with Gasteiger partial charge in [-0.25, -0.2) is 14.8 Å². The summed E-state index contributed by atoms with van der Waals surface area (Å²) in [6.07, 6.45) is 5.01.